The van der Waals surface area contributed by atoms with Crippen molar-refractivity contribution in [2.24, 2.45) is 0 Å². The van der Waals surface area contributed by atoms with E-state index in [1.165, 1.54) is 0 Å². The Morgan fingerprint density at radius 3 is 2.83 bits per heavy atom. The van der Waals surface area contributed by atoms with Gasteiger partial charge < -0.3 is 10.6 Å². The molecular formula is C18H17ClN2O2. The lowest BCUT2D eigenvalue weighted by Gasteiger charge is -2.16. The van der Waals surface area contributed by atoms with E-state index in [2.05, 4.69) is 10.6 Å². The molecule has 5 heteroatoms. The highest BCUT2D eigenvalue weighted by Crippen LogP contribution is 2.34. The van der Waals surface area contributed by atoms with Crippen LogP contribution in [-0.2, 0) is 9.59 Å². The number of para-hydroxylation sites is 1. The topological polar surface area (TPSA) is 58.2 Å². The fourth-order valence-electron chi connectivity index (χ4n) is 2.82. The van der Waals surface area contributed by atoms with Gasteiger partial charge in [-0.1, -0.05) is 41.9 Å². The molecule has 0 fully saturated rings. The van der Waals surface area contributed by atoms with Gasteiger partial charge in [0.15, 0.2) is 0 Å². The summed E-state index contributed by atoms with van der Waals surface area (Å²) in [4.78, 5) is 24.4. The summed E-state index contributed by atoms with van der Waals surface area (Å²) in [6, 6.07) is 14.7. The number of benzene rings is 2. The molecule has 2 aromatic rings. The third kappa shape index (κ3) is 3.37. The molecule has 0 spiro atoms. The van der Waals surface area contributed by atoms with Gasteiger partial charge in [-0.2, -0.15) is 0 Å². The van der Waals surface area contributed by atoms with Crippen LogP contribution in [-0.4, -0.2) is 11.8 Å². The summed E-state index contributed by atoms with van der Waals surface area (Å²) in [5, 5.41) is 6.37. The maximum Gasteiger partial charge on any atom is 0.232 e. The zero-order chi connectivity index (χ0) is 16.4. The number of carbonyl (C=O) groups is 2. The van der Waals surface area contributed by atoms with Crippen LogP contribution in [0.5, 0.6) is 0 Å². The van der Waals surface area contributed by atoms with E-state index in [1.807, 2.05) is 49.4 Å². The molecule has 118 valence electrons. The van der Waals surface area contributed by atoms with E-state index in [9.17, 15) is 9.59 Å². The highest BCUT2D eigenvalue weighted by molar-refractivity contribution is 6.30. The molecule has 4 nitrogen and oxygen atoms in total. The number of nitrogens with one attached hydrogen (secondary N) is 2. The van der Waals surface area contributed by atoms with Gasteiger partial charge >= 0.3 is 0 Å². The number of anilines is 1. The van der Waals surface area contributed by atoms with Gasteiger partial charge in [0.2, 0.25) is 11.8 Å². The maximum atomic E-state index is 12.3. The van der Waals surface area contributed by atoms with Crippen molar-refractivity contribution in [3.8, 4) is 0 Å². The molecular weight excluding hydrogens is 312 g/mol. The quantitative estimate of drug-likeness (QED) is 0.900. The van der Waals surface area contributed by atoms with Crippen LogP contribution in [0.1, 0.15) is 36.4 Å². The second kappa shape index (κ2) is 6.42. The number of fused-ring (bicyclic) bond motifs is 1. The first kappa shape index (κ1) is 15.6. The van der Waals surface area contributed by atoms with E-state index in [4.69, 9.17) is 11.6 Å². The molecule has 0 radical (unpaired) electrons. The molecule has 0 aromatic heterocycles. The normalized spacial score (nSPS) is 17.3. The largest absolute Gasteiger partial charge is 0.350 e. The lowest BCUT2D eigenvalue weighted by molar-refractivity contribution is -0.125. The molecule has 0 bridgehead atoms. The summed E-state index contributed by atoms with van der Waals surface area (Å²) in [6.07, 6.45) is 0.133. The third-order valence-corrected chi connectivity index (χ3v) is 4.26. The standard InChI is InChI=1S/C18H17ClN2O2/c1-11(12-5-4-6-13(19)9-12)20-17(22)10-15-14-7-2-3-8-16(14)21-18(15)23/h2-9,11,15H,10H2,1H3,(H,20,22)(H,21,23). The van der Waals surface area contributed by atoms with Gasteiger partial charge in [-0.25, -0.2) is 0 Å². The molecule has 3 rings (SSSR count). The Bertz CT molecular complexity index is 760. The summed E-state index contributed by atoms with van der Waals surface area (Å²) in [6.45, 7) is 1.90. The molecule has 2 aromatic carbocycles. The average molecular weight is 329 g/mol. The van der Waals surface area contributed by atoms with Gasteiger partial charge in [0, 0.05) is 17.1 Å². The minimum absolute atomic E-state index is 0.128. The Kier molecular flexibility index (Phi) is 4.35. The van der Waals surface area contributed by atoms with Crippen LogP contribution in [0.2, 0.25) is 5.02 Å². The minimum Gasteiger partial charge on any atom is -0.350 e. The summed E-state index contributed by atoms with van der Waals surface area (Å²) in [7, 11) is 0. The summed E-state index contributed by atoms with van der Waals surface area (Å²) >= 11 is 5.97. The van der Waals surface area contributed by atoms with Crippen LogP contribution < -0.4 is 10.6 Å². The lowest BCUT2D eigenvalue weighted by Crippen LogP contribution is -2.29. The first-order valence-corrected chi connectivity index (χ1v) is 7.87. The first-order valence-electron chi connectivity index (χ1n) is 7.49. The van der Waals surface area contributed by atoms with Crippen LogP contribution in [0.25, 0.3) is 0 Å². The molecule has 1 aliphatic heterocycles. The SMILES string of the molecule is CC(NC(=O)CC1C(=O)Nc2ccccc21)c1cccc(Cl)c1. The molecule has 0 saturated heterocycles. The smallest absolute Gasteiger partial charge is 0.232 e. The van der Waals surface area contributed by atoms with Gasteiger partial charge in [0.1, 0.15) is 0 Å². The molecule has 1 heterocycles. The number of amides is 2. The summed E-state index contributed by atoms with van der Waals surface area (Å²) in [5.74, 6) is -0.719. The van der Waals surface area contributed by atoms with Gasteiger partial charge in [-0.15, -0.1) is 0 Å². The van der Waals surface area contributed by atoms with Gasteiger partial charge in [0.25, 0.3) is 0 Å². The Morgan fingerprint density at radius 1 is 1.26 bits per heavy atom. The van der Waals surface area contributed by atoms with Gasteiger partial charge in [-0.05, 0) is 36.2 Å². The Labute approximate surface area is 139 Å². The van der Waals surface area contributed by atoms with Crippen molar-refractivity contribution in [3.63, 3.8) is 0 Å². The molecule has 0 aliphatic carbocycles. The highest BCUT2D eigenvalue weighted by Gasteiger charge is 2.32. The predicted octanol–water partition coefficient (Wildman–Crippen LogP) is 3.64. The molecule has 2 amide bonds. The summed E-state index contributed by atoms with van der Waals surface area (Å²) < 4.78 is 0. The number of carbonyl (C=O) groups excluding carboxylic acids is 2. The van der Waals surface area contributed by atoms with Crippen molar-refractivity contribution >= 4 is 29.1 Å². The fourth-order valence-corrected chi connectivity index (χ4v) is 3.02. The molecule has 1 aliphatic rings. The van der Waals surface area contributed by atoms with E-state index >= 15 is 0 Å². The monoisotopic (exact) mass is 328 g/mol. The van der Waals surface area contributed by atoms with Crippen LogP contribution in [0.4, 0.5) is 5.69 Å². The predicted molar refractivity (Wildman–Crippen MR) is 90.4 cm³/mol. The van der Waals surface area contributed by atoms with Gasteiger partial charge in [0.05, 0.1) is 12.0 Å². The van der Waals surface area contributed by atoms with E-state index in [1.54, 1.807) is 6.07 Å². The second-order valence-corrected chi connectivity index (χ2v) is 6.11. The van der Waals surface area contributed by atoms with Gasteiger partial charge in [-0.3, -0.25) is 9.59 Å². The second-order valence-electron chi connectivity index (χ2n) is 5.68. The number of hydrogen-bond acceptors (Lipinski definition) is 2. The van der Waals surface area contributed by atoms with Crippen LogP contribution in [0.3, 0.4) is 0 Å². The lowest BCUT2D eigenvalue weighted by atomic mass is 9.96. The van der Waals surface area contributed by atoms with Crippen LogP contribution >= 0.6 is 11.6 Å². The maximum absolute atomic E-state index is 12.3. The molecule has 2 N–H and O–H groups in total. The number of halogens is 1. The Morgan fingerprint density at radius 2 is 2.04 bits per heavy atom. The zero-order valence-corrected chi connectivity index (χ0v) is 13.4. The van der Waals surface area contributed by atoms with Crippen LogP contribution in [0.15, 0.2) is 48.5 Å². The van der Waals surface area contributed by atoms with E-state index in [0.717, 1.165) is 16.8 Å². The molecule has 0 saturated carbocycles. The molecule has 2 atom stereocenters. The van der Waals surface area contributed by atoms with Crippen LogP contribution in [0, 0.1) is 0 Å². The summed E-state index contributed by atoms with van der Waals surface area (Å²) in [5.41, 5.74) is 2.60. The van der Waals surface area contributed by atoms with Crippen molar-refractivity contribution in [2.45, 2.75) is 25.3 Å². The van der Waals surface area contributed by atoms with Crippen molar-refractivity contribution in [1.29, 1.82) is 0 Å². The van der Waals surface area contributed by atoms with Crippen molar-refractivity contribution in [2.75, 3.05) is 5.32 Å². The number of hydrogen-bond donors (Lipinski definition) is 2. The van der Waals surface area contributed by atoms with E-state index in [-0.39, 0.29) is 24.3 Å². The third-order valence-electron chi connectivity index (χ3n) is 4.03. The number of rotatable bonds is 4. The van der Waals surface area contributed by atoms with E-state index < -0.39 is 5.92 Å². The highest BCUT2D eigenvalue weighted by atomic mass is 35.5. The van der Waals surface area contributed by atoms with Crippen molar-refractivity contribution in [3.05, 3.63) is 64.7 Å². The van der Waals surface area contributed by atoms with Crippen molar-refractivity contribution < 1.29 is 9.59 Å². The van der Waals surface area contributed by atoms with E-state index in [0.29, 0.717) is 5.02 Å². The fraction of sp³-hybridized carbons (Fsp3) is 0.222. The Hall–Kier alpha value is -2.33. The minimum atomic E-state index is -0.433. The first-order chi connectivity index (χ1) is 11.0. The van der Waals surface area contributed by atoms with Crippen molar-refractivity contribution in [1.82, 2.24) is 5.32 Å². The average Bonchev–Trinajstić information content (AvgIpc) is 2.83. The zero-order valence-electron chi connectivity index (χ0n) is 12.7. The molecule has 23 heavy (non-hydrogen) atoms. The Balaban J connectivity index is 1.67. The molecule has 2 unspecified atom stereocenters.